The molecule has 0 radical (unpaired) electrons. The van der Waals surface area contributed by atoms with E-state index in [-0.39, 0.29) is 34.9 Å². The minimum Gasteiger partial charge on any atom is -0.450 e. The summed E-state index contributed by atoms with van der Waals surface area (Å²) in [4.78, 5) is 41.8. The number of nitrogens with zero attached hydrogens (tertiary/aromatic N) is 2. The maximum Gasteiger partial charge on any atom is 0.303 e. The van der Waals surface area contributed by atoms with Crippen LogP contribution in [0.25, 0.3) is 0 Å². The van der Waals surface area contributed by atoms with Gasteiger partial charge in [0.25, 0.3) is 11.8 Å². The lowest BCUT2D eigenvalue weighted by Gasteiger charge is -2.59. The zero-order chi connectivity index (χ0) is 24.7. The highest BCUT2D eigenvalue weighted by molar-refractivity contribution is 6.74. The quantitative estimate of drug-likeness (QED) is 0.343. The molecule has 0 saturated carbocycles. The number of rotatable bonds is 7. The van der Waals surface area contributed by atoms with E-state index in [0.717, 1.165) is 5.56 Å². The summed E-state index contributed by atoms with van der Waals surface area (Å²) in [5.41, 5.74) is 1.01. The molecule has 8 heteroatoms. The number of hydrogen-bond acceptors (Lipinski definition) is 5. The van der Waals surface area contributed by atoms with Crippen molar-refractivity contribution in [3.8, 4) is 0 Å². The Labute approximate surface area is 198 Å². The Hall–Kier alpha value is -2.19. The Morgan fingerprint density at radius 1 is 1.09 bits per heavy atom. The summed E-state index contributed by atoms with van der Waals surface area (Å²) < 4.78 is 11.8. The van der Waals surface area contributed by atoms with Gasteiger partial charge in [0.15, 0.2) is 14.4 Å². The second-order valence-electron chi connectivity index (χ2n) is 11.0. The van der Waals surface area contributed by atoms with Crippen LogP contribution in [-0.2, 0) is 30.1 Å². The summed E-state index contributed by atoms with van der Waals surface area (Å²) in [6.45, 7) is 17.1. The van der Waals surface area contributed by atoms with Gasteiger partial charge in [-0.05, 0) is 29.6 Å². The molecule has 33 heavy (non-hydrogen) atoms. The Balaban J connectivity index is 1.98. The Morgan fingerprint density at radius 3 is 2.21 bits per heavy atom. The predicted molar refractivity (Wildman–Crippen MR) is 129 cm³/mol. The average molecular weight is 475 g/mol. The van der Waals surface area contributed by atoms with E-state index in [1.54, 1.807) is 4.90 Å². The average Bonchev–Trinajstić information content (AvgIpc) is 2.71. The van der Waals surface area contributed by atoms with Crippen molar-refractivity contribution < 1.29 is 23.5 Å². The lowest BCUT2D eigenvalue weighted by molar-refractivity contribution is -0.206. The molecule has 0 N–H and O–H groups in total. The predicted octanol–water partition coefficient (Wildman–Crippen LogP) is 3.59. The highest BCUT2D eigenvalue weighted by atomic mass is 28.4. The Morgan fingerprint density at radius 2 is 1.70 bits per heavy atom. The number of carbonyl (C=O) groups is 3. The number of piperazine rings is 1. The molecule has 0 bridgehead atoms. The van der Waals surface area contributed by atoms with Crippen LogP contribution in [0.1, 0.15) is 47.1 Å². The fourth-order valence-electron chi connectivity index (χ4n) is 4.50. The van der Waals surface area contributed by atoms with E-state index in [9.17, 15) is 14.4 Å². The molecule has 2 aliphatic rings. The molecular formula is C25H38N2O5Si. The second-order valence-corrected chi connectivity index (χ2v) is 15.9. The molecule has 2 amide bonds. The molecule has 0 unspecified atom stereocenters. The van der Waals surface area contributed by atoms with E-state index in [0.29, 0.717) is 13.2 Å². The first kappa shape index (κ1) is 25.4. The minimum absolute atomic E-state index is 0.0266. The van der Waals surface area contributed by atoms with Crippen LogP contribution >= 0.6 is 0 Å². The van der Waals surface area contributed by atoms with Crippen LogP contribution in [0, 0.1) is 5.92 Å². The zero-order valence-electron chi connectivity index (χ0n) is 21.1. The maximum absolute atomic E-state index is 13.7. The van der Waals surface area contributed by atoms with E-state index < -0.39 is 26.4 Å². The minimum atomic E-state index is -2.08. The molecule has 7 nitrogen and oxygen atoms in total. The zero-order valence-corrected chi connectivity index (χ0v) is 22.1. The first-order valence-corrected chi connectivity index (χ1v) is 14.6. The van der Waals surface area contributed by atoms with Gasteiger partial charge < -0.3 is 19.0 Å². The van der Waals surface area contributed by atoms with E-state index in [4.69, 9.17) is 9.16 Å². The Bertz CT molecular complexity index is 896. The molecule has 2 aliphatic heterocycles. The van der Waals surface area contributed by atoms with Gasteiger partial charge in [-0.25, -0.2) is 0 Å². The third-order valence-electron chi connectivity index (χ3n) is 7.33. The van der Waals surface area contributed by atoms with Crippen molar-refractivity contribution in [2.45, 2.75) is 90.4 Å². The highest BCUT2D eigenvalue weighted by Gasteiger charge is 2.63. The standard InChI is InChI=1S/C25H38N2O5Si/c1-16(2)20-19(15-31-33(7,8)25(4,5)6)26(14-18-12-10-9-11-13-18)23(29)21-22(32-17(3)28)24(30)27(20)21/h9-13,16,19-22H,14-15H2,1-8H3/t19-,20-,21-,22+/m1/s1. The van der Waals surface area contributed by atoms with Crippen molar-refractivity contribution in [3.05, 3.63) is 35.9 Å². The van der Waals surface area contributed by atoms with Crippen LogP contribution in [0.5, 0.6) is 0 Å². The van der Waals surface area contributed by atoms with Gasteiger partial charge in [-0.15, -0.1) is 0 Å². The van der Waals surface area contributed by atoms with Crippen LogP contribution in [0.4, 0.5) is 0 Å². The summed E-state index contributed by atoms with van der Waals surface area (Å²) in [5.74, 6) is -0.946. The largest absolute Gasteiger partial charge is 0.450 e. The molecule has 1 aromatic rings. The van der Waals surface area contributed by atoms with Crippen LogP contribution < -0.4 is 0 Å². The summed E-state index contributed by atoms with van der Waals surface area (Å²) in [6, 6.07) is 8.54. The Kier molecular flexibility index (Phi) is 7.10. The molecule has 0 aromatic heterocycles. The molecule has 2 heterocycles. The van der Waals surface area contributed by atoms with E-state index in [1.165, 1.54) is 6.92 Å². The summed E-state index contributed by atoms with van der Waals surface area (Å²) >= 11 is 0. The number of ether oxygens (including phenoxy) is 1. The molecule has 2 saturated heterocycles. The van der Waals surface area contributed by atoms with Crippen LogP contribution in [0.2, 0.25) is 18.1 Å². The molecule has 3 rings (SSSR count). The van der Waals surface area contributed by atoms with Crippen molar-refractivity contribution in [2.75, 3.05) is 6.61 Å². The van der Waals surface area contributed by atoms with Gasteiger partial charge >= 0.3 is 5.97 Å². The molecule has 4 atom stereocenters. The second kappa shape index (κ2) is 9.22. The summed E-state index contributed by atoms with van der Waals surface area (Å²) in [5, 5.41) is 0.0266. The van der Waals surface area contributed by atoms with Crippen molar-refractivity contribution in [2.24, 2.45) is 5.92 Å². The number of carbonyl (C=O) groups excluding carboxylic acids is 3. The number of benzene rings is 1. The number of fused-ring (bicyclic) bond motifs is 1. The fraction of sp³-hybridized carbons (Fsp3) is 0.640. The van der Waals surface area contributed by atoms with Gasteiger partial charge in [0.1, 0.15) is 0 Å². The van der Waals surface area contributed by atoms with E-state index >= 15 is 0 Å². The van der Waals surface area contributed by atoms with Gasteiger partial charge in [-0.1, -0.05) is 65.0 Å². The fourth-order valence-corrected chi connectivity index (χ4v) is 5.52. The molecule has 182 valence electrons. The van der Waals surface area contributed by atoms with Crippen molar-refractivity contribution in [3.63, 3.8) is 0 Å². The third kappa shape index (κ3) is 4.87. The number of β-lactam (4-membered cyclic amide) rings is 1. The number of esters is 1. The SMILES string of the molecule is CC(=O)O[C@@H]1C(=O)N2[C@H](C(C)C)[C@@H](CO[Si](C)(C)C(C)(C)C)N(Cc3ccccc3)C(=O)[C@@H]12. The molecule has 0 aliphatic carbocycles. The lowest BCUT2D eigenvalue weighted by atomic mass is 9.81. The lowest BCUT2D eigenvalue weighted by Crippen LogP contribution is -2.81. The van der Waals surface area contributed by atoms with E-state index in [1.807, 2.05) is 35.2 Å². The first-order valence-electron chi connectivity index (χ1n) is 11.7. The smallest absolute Gasteiger partial charge is 0.303 e. The van der Waals surface area contributed by atoms with Crippen LogP contribution in [0.15, 0.2) is 30.3 Å². The normalized spacial score (nSPS) is 25.7. The van der Waals surface area contributed by atoms with Crippen molar-refractivity contribution in [1.82, 2.24) is 9.80 Å². The van der Waals surface area contributed by atoms with Gasteiger partial charge in [0.05, 0.1) is 18.7 Å². The van der Waals surface area contributed by atoms with Crippen LogP contribution in [-0.4, -0.2) is 66.7 Å². The van der Waals surface area contributed by atoms with Gasteiger partial charge in [0.2, 0.25) is 6.10 Å². The van der Waals surface area contributed by atoms with Crippen LogP contribution in [0.3, 0.4) is 0 Å². The van der Waals surface area contributed by atoms with Crippen molar-refractivity contribution in [1.29, 1.82) is 0 Å². The van der Waals surface area contributed by atoms with Gasteiger partial charge in [-0.3, -0.25) is 14.4 Å². The topological polar surface area (TPSA) is 76.2 Å². The van der Waals surface area contributed by atoms with Crippen molar-refractivity contribution >= 4 is 26.1 Å². The first-order chi connectivity index (χ1) is 15.3. The molecule has 1 aromatic carbocycles. The molecule has 2 fully saturated rings. The van der Waals surface area contributed by atoms with E-state index in [2.05, 4.69) is 47.7 Å². The monoisotopic (exact) mass is 474 g/mol. The molecule has 0 spiro atoms. The molecular weight excluding hydrogens is 436 g/mol. The maximum atomic E-state index is 13.7. The van der Waals surface area contributed by atoms with Gasteiger partial charge in [0, 0.05) is 13.5 Å². The summed E-state index contributed by atoms with van der Waals surface area (Å²) in [6.07, 6.45) is -1.04. The highest BCUT2D eigenvalue weighted by Crippen LogP contribution is 2.41. The third-order valence-corrected chi connectivity index (χ3v) is 11.8. The summed E-state index contributed by atoms with van der Waals surface area (Å²) in [7, 11) is -2.08. The number of hydrogen-bond donors (Lipinski definition) is 0. The number of amides is 2. The van der Waals surface area contributed by atoms with Gasteiger partial charge in [-0.2, -0.15) is 0 Å².